The third-order valence-electron chi connectivity index (χ3n) is 3.44. The van der Waals surface area contributed by atoms with Crippen molar-refractivity contribution in [2.45, 2.75) is 37.0 Å². The van der Waals surface area contributed by atoms with Gasteiger partial charge in [-0.2, -0.15) is 0 Å². The first kappa shape index (κ1) is 12.5. The van der Waals surface area contributed by atoms with Crippen LogP contribution in [-0.2, 0) is 0 Å². The Kier molecular flexibility index (Phi) is 4.49. The summed E-state index contributed by atoms with van der Waals surface area (Å²) in [6.07, 6.45) is 6.52. The summed E-state index contributed by atoms with van der Waals surface area (Å²) < 4.78 is 0. The maximum atomic E-state index is 11.8. The van der Waals surface area contributed by atoms with E-state index in [-0.39, 0.29) is 5.91 Å². The predicted molar refractivity (Wildman–Crippen MR) is 72.6 cm³/mol. The van der Waals surface area contributed by atoms with Gasteiger partial charge in [-0.3, -0.25) is 4.79 Å². The van der Waals surface area contributed by atoms with Crippen LogP contribution < -0.4 is 5.32 Å². The Balaban J connectivity index is 1.75. The van der Waals surface area contributed by atoms with Crippen LogP contribution >= 0.6 is 12.6 Å². The zero-order valence-electron chi connectivity index (χ0n) is 9.98. The first-order valence-electron chi connectivity index (χ1n) is 6.33. The van der Waals surface area contributed by atoms with Crippen LogP contribution in [0, 0.1) is 5.92 Å². The molecule has 1 aliphatic carbocycles. The van der Waals surface area contributed by atoms with E-state index in [1.54, 1.807) is 0 Å². The van der Waals surface area contributed by atoms with Gasteiger partial charge in [-0.05, 0) is 36.6 Å². The average Bonchev–Trinajstić information content (AvgIpc) is 2.83. The van der Waals surface area contributed by atoms with Gasteiger partial charge in [-0.1, -0.05) is 25.7 Å². The molecule has 17 heavy (non-hydrogen) atoms. The molecule has 0 aromatic heterocycles. The number of hydrogen-bond donors (Lipinski definition) is 2. The van der Waals surface area contributed by atoms with E-state index in [2.05, 4.69) is 17.9 Å². The highest BCUT2D eigenvalue weighted by atomic mass is 32.1. The molecule has 0 atom stereocenters. The molecule has 0 saturated heterocycles. The topological polar surface area (TPSA) is 29.1 Å². The number of carbonyl (C=O) groups excluding carboxylic acids is 1. The summed E-state index contributed by atoms with van der Waals surface area (Å²) in [5.41, 5.74) is 0.717. The fourth-order valence-electron chi connectivity index (χ4n) is 2.40. The molecule has 92 valence electrons. The Morgan fingerprint density at radius 3 is 2.53 bits per heavy atom. The second-order valence-electron chi connectivity index (χ2n) is 4.74. The van der Waals surface area contributed by atoms with E-state index < -0.39 is 0 Å². The van der Waals surface area contributed by atoms with Crippen molar-refractivity contribution in [2.24, 2.45) is 5.92 Å². The SMILES string of the molecule is O=C(NCCC1CCCC1)c1ccc(S)cc1. The lowest BCUT2D eigenvalue weighted by molar-refractivity contribution is 0.0951. The van der Waals surface area contributed by atoms with Gasteiger partial charge < -0.3 is 5.32 Å². The van der Waals surface area contributed by atoms with Gasteiger partial charge in [0.25, 0.3) is 5.91 Å². The minimum Gasteiger partial charge on any atom is -0.352 e. The molecule has 1 N–H and O–H groups in total. The van der Waals surface area contributed by atoms with Gasteiger partial charge >= 0.3 is 0 Å². The highest BCUT2D eigenvalue weighted by Crippen LogP contribution is 2.26. The van der Waals surface area contributed by atoms with Crippen molar-refractivity contribution in [2.75, 3.05) is 6.54 Å². The lowest BCUT2D eigenvalue weighted by atomic mass is 10.0. The van der Waals surface area contributed by atoms with Crippen LogP contribution in [0.2, 0.25) is 0 Å². The highest BCUT2D eigenvalue weighted by molar-refractivity contribution is 7.80. The molecule has 0 heterocycles. The molecule has 1 aliphatic rings. The first-order valence-corrected chi connectivity index (χ1v) is 6.77. The molecule has 2 rings (SSSR count). The predicted octanol–water partition coefficient (Wildman–Crippen LogP) is 3.29. The van der Waals surface area contributed by atoms with Gasteiger partial charge in [0.2, 0.25) is 0 Å². The van der Waals surface area contributed by atoms with Crippen LogP contribution in [0.25, 0.3) is 0 Å². The summed E-state index contributed by atoms with van der Waals surface area (Å²) in [6.45, 7) is 0.798. The summed E-state index contributed by atoms with van der Waals surface area (Å²) in [4.78, 5) is 12.7. The Morgan fingerprint density at radius 2 is 1.88 bits per heavy atom. The van der Waals surface area contributed by atoms with E-state index in [1.807, 2.05) is 24.3 Å². The minimum absolute atomic E-state index is 0.0244. The van der Waals surface area contributed by atoms with Gasteiger partial charge in [0.05, 0.1) is 0 Å². The molecule has 1 aromatic carbocycles. The third kappa shape index (κ3) is 3.77. The highest BCUT2D eigenvalue weighted by Gasteiger charge is 2.14. The molecule has 0 bridgehead atoms. The molecule has 0 aliphatic heterocycles. The van der Waals surface area contributed by atoms with Crippen LogP contribution in [0.1, 0.15) is 42.5 Å². The molecular weight excluding hydrogens is 230 g/mol. The van der Waals surface area contributed by atoms with Crippen molar-refractivity contribution in [1.29, 1.82) is 0 Å². The smallest absolute Gasteiger partial charge is 0.251 e. The maximum Gasteiger partial charge on any atom is 0.251 e. The van der Waals surface area contributed by atoms with Gasteiger partial charge in [0.1, 0.15) is 0 Å². The van der Waals surface area contributed by atoms with Gasteiger partial charge in [-0.25, -0.2) is 0 Å². The molecule has 1 fully saturated rings. The van der Waals surface area contributed by atoms with Crippen LogP contribution in [0.4, 0.5) is 0 Å². The number of thiol groups is 1. The molecule has 2 nitrogen and oxygen atoms in total. The van der Waals surface area contributed by atoms with Crippen molar-refractivity contribution in [3.63, 3.8) is 0 Å². The van der Waals surface area contributed by atoms with E-state index in [0.717, 1.165) is 23.8 Å². The van der Waals surface area contributed by atoms with Crippen molar-refractivity contribution in [1.82, 2.24) is 5.32 Å². The first-order chi connectivity index (χ1) is 8.25. The summed E-state index contributed by atoms with van der Waals surface area (Å²) in [7, 11) is 0. The number of nitrogens with one attached hydrogen (secondary N) is 1. The van der Waals surface area contributed by atoms with Crippen molar-refractivity contribution in [3.8, 4) is 0 Å². The van der Waals surface area contributed by atoms with Crippen LogP contribution in [0.15, 0.2) is 29.2 Å². The van der Waals surface area contributed by atoms with Gasteiger partial charge in [0, 0.05) is 17.0 Å². The number of amides is 1. The standard InChI is InChI=1S/C14H19NOS/c16-14(12-5-7-13(17)8-6-12)15-10-9-11-3-1-2-4-11/h5-8,11,17H,1-4,9-10H2,(H,15,16). The quantitative estimate of drug-likeness (QED) is 0.788. The molecule has 3 heteroatoms. The summed E-state index contributed by atoms with van der Waals surface area (Å²) in [6, 6.07) is 7.31. The summed E-state index contributed by atoms with van der Waals surface area (Å²) >= 11 is 4.20. The molecule has 1 saturated carbocycles. The largest absolute Gasteiger partial charge is 0.352 e. The summed E-state index contributed by atoms with van der Waals surface area (Å²) in [5.74, 6) is 0.853. The van der Waals surface area contributed by atoms with E-state index >= 15 is 0 Å². The Hall–Kier alpha value is -0.960. The Labute approximate surface area is 108 Å². The van der Waals surface area contributed by atoms with Crippen LogP contribution in [-0.4, -0.2) is 12.5 Å². The van der Waals surface area contributed by atoms with E-state index in [0.29, 0.717) is 5.56 Å². The van der Waals surface area contributed by atoms with Crippen molar-refractivity contribution in [3.05, 3.63) is 29.8 Å². The van der Waals surface area contributed by atoms with Gasteiger partial charge in [-0.15, -0.1) is 12.6 Å². The average molecular weight is 249 g/mol. The van der Waals surface area contributed by atoms with Crippen molar-refractivity contribution >= 4 is 18.5 Å². The lowest BCUT2D eigenvalue weighted by Crippen LogP contribution is -2.25. The number of rotatable bonds is 4. The third-order valence-corrected chi connectivity index (χ3v) is 3.74. The van der Waals surface area contributed by atoms with Crippen LogP contribution in [0.3, 0.4) is 0 Å². The summed E-state index contributed by atoms with van der Waals surface area (Å²) in [5, 5.41) is 2.98. The Bertz CT molecular complexity index is 368. The zero-order chi connectivity index (χ0) is 12.1. The van der Waals surface area contributed by atoms with E-state index in [4.69, 9.17) is 0 Å². The monoisotopic (exact) mass is 249 g/mol. The molecule has 0 spiro atoms. The number of benzene rings is 1. The molecule has 1 aromatic rings. The number of carbonyl (C=O) groups is 1. The maximum absolute atomic E-state index is 11.8. The normalized spacial score (nSPS) is 16.1. The Morgan fingerprint density at radius 1 is 1.24 bits per heavy atom. The molecule has 0 unspecified atom stereocenters. The fourth-order valence-corrected chi connectivity index (χ4v) is 2.55. The van der Waals surface area contributed by atoms with E-state index in [1.165, 1.54) is 25.7 Å². The zero-order valence-corrected chi connectivity index (χ0v) is 10.9. The molecule has 1 amide bonds. The van der Waals surface area contributed by atoms with Gasteiger partial charge in [0.15, 0.2) is 0 Å². The molecular formula is C14H19NOS. The van der Waals surface area contributed by atoms with E-state index in [9.17, 15) is 4.79 Å². The van der Waals surface area contributed by atoms with Crippen LogP contribution in [0.5, 0.6) is 0 Å². The minimum atomic E-state index is 0.0244. The second-order valence-corrected chi connectivity index (χ2v) is 5.26. The second kappa shape index (κ2) is 6.10. The molecule has 0 radical (unpaired) electrons. The lowest BCUT2D eigenvalue weighted by Gasteiger charge is -2.09. The fraction of sp³-hybridized carbons (Fsp3) is 0.500. The number of hydrogen-bond acceptors (Lipinski definition) is 2. The van der Waals surface area contributed by atoms with Crippen molar-refractivity contribution < 1.29 is 4.79 Å².